The molecule has 124 valence electrons. The van der Waals surface area contributed by atoms with Crippen molar-refractivity contribution in [3.8, 4) is 5.82 Å². The highest BCUT2D eigenvalue weighted by Gasteiger charge is 2.18. The Labute approximate surface area is 145 Å². The molecule has 0 unspecified atom stereocenters. The minimum Gasteiger partial charge on any atom is -0.393 e. The molecule has 0 saturated heterocycles. The second-order valence-electron chi connectivity index (χ2n) is 5.65. The van der Waals surface area contributed by atoms with E-state index >= 15 is 0 Å². The Morgan fingerprint density at radius 1 is 1.08 bits per heavy atom. The van der Waals surface area contributed by atoms with Crippen LogP contribution in [0.2, 0.25) is 0 Å². The van der Waals surface area contributed by atoms with Gasteiger partial charge in [-0.25, -0.2) is 15.0 Å². The van der Waals surface area contributed by atoms with E-state index in [1.54, 1.807) is 17.1 Å². The molecular weight excluding hydrogens is 312 g/mol. The number of fused-ring (bicyclic) bond motifs is 1. The van der Waals surface area contributed by atoms with Crippen LogP contribution < -0.4 is 10.6 Å². The lowest BCUT2D eigenvalue weighted by Crippen LogP contribution is -2.20. The van der Waals surface area contributed by atoms with Gasteiger partial charge in [-0.2, -0.15) is 0 Å². The summed E-state index contributed by atoms with van der Waals surface area (Å²) in [6, 6.07) is 14.5. The molecule has 6 heteroatoms. The minimum atomic E-state index is 0.523. The van der Waals surface area contributed by atoms with E-state index in [1.807, 2.05) is 18.3 Å². The molecule has 0 saturated carbocycles. The minimum absolute atomic E-state index is 0.523. The summed E-state index contributed by atoms with van der Waals surface area (Å²) in [4.78, 5) is 15.0. The fourth-order valence-electron chi connectivity index (χ4n) is 3.06. The maximum absolute atomic E-state index is 6.42. The van der Waals surface area contributed by atoms with Gasteiger partial charge in [0, 0.05) is 24.3 Å². The molecule has 4 aromatic rings. The van der Waals surface area contributed by atoms with Gasteiger partial charge in [0.05, 0.1) is 5.69 Å². The summed E-state index contributed by atoms with van der Waals surface area (Å²) in [6.07, 6.45) is 6.73. The van der Waals surface area contributed by atoms with Crippen LogP contribution in [-0.2, 0) is 0 Å². The summed E-state index contributed by atoms with van der Waals surface area (Å²) in [5.74, 6) is 1.32. The number of hydrogen-bond donors (Lipinski definition) is 1. The molecule has 6 nitrogen and oxygen atoms in total. The summed E-state index contributed by atoms with van der Waals surface area (Å²) in [5, 5.41) is 2.34. The molecular formula is C19H18N6. The number of nitrogens with two attached hydrogens (primary N) is 1. The van der Waals surface area contributed by atoms with Crippen molar-refractivity contribution in [1.82, 2.24) is 19.5 Å². The lowest BCUT2D eigenvalue weighted by Gasteiger charge is -2.25. The average Bonchev–Trinajstić information content (AvgIpc) is 3.18. The number of nitrogen functional groups attached to an aromatic ring is 1. The van der Waals surface area contributed by atoms with Crippen LogP contribution in [0.5, 0.6) is 0 Å². The largest absolute Gasteiger partial charge is 0.393 e. The molecule has 0 radical (unpaired) electrons. The van der Waals surface area contributed by atoms with Crippen molar-refractivity contribution >= 4 is 28.0 Å². The maximum atomic E-state index is 6.42. The Morgan fingerprint density at radius 2 is 1.92 bits per heavy atom. The van der Waals surface area contributed by atoms with E-state index in [-0.39, 0.29) is 0 Å². The van der Waals surface area contributed by atoms with Gasteiger partial charge in [-0.15, -0.1) is 0 Å². The van der Waals surface area contributed by atoms with Crippen LogP contribution in [0, 0.1) is 0 Å². The van der Waals surface area contributed by atoms with Crippen LogP contribution >= 0.6 is 0 Å². The van der Waals surface area contributed by atoms with Gasteiger partial charge in [0.1, 0.15) is 18.3 Å². The quantitative estimate of drug-likeness (QED) is 0.619. The Kier molecular flexibility index (Phi) is 3.78. The molecule has 0 atom stereocenters. The van der Waals surface area contributed by atoms with Crippen molar-refractivity contribution < 1.29 is 0 Å². The van der Waals surface area contributed by atoms with Crippen molar-refractivity contribution in [2.24, 2.45) is 0 Å². The van der Waals surface area contributed by atoms with Gasteiger partial charge < -0.3 is 10.6 Å². The predicted octanol–water partition coefficient (Wildman–Crippen LogP) is 3.56. The topological polar surface area (TPSA) is 72.9 Å². The zero-order chi connectivity index (χ0) is 17.2. The summed E-state index contributed by atoms with van der Waals surface area (Å²) in [6.45, 7) is 2.82. The lowest BCUT2D eigenvalue weighted by molar-refractivity contribution is 0.942. The highest BCUT2D eigenvalue weighted by Crippen LogP contribution is 2.35. The number of nitrogens with zero attached hydrogens (tertiary/aromatic N) is 5. The molecule has 25 heavy (non-hydrogen) atoms. The second-order valence-corrected chi connectivity index (χ2v) is 5.65. The van der Waals surface area contributed by atoms with Crippen molar-refractivity contribution in [3.63, 3.8) is 0 Å². The van der Waals surface area contributed by atoms with E-state index < -0.39 is 0 Å². The Hall–Kier alpha value is -3.41. The zero-order valence-corrected chi connectivity index (χ0v) is 13.9. The Balaban J connectivity index is 1.89. The maximum Gasteiger partial charge on any atom is 0.166 e. The third-order valence-corrected chi connectivity index (χ3v) is 4.22. The van der Waals surface area contributed by atoms with E-state index in [0.717, 1.165) is 17.6 Å². The van der Waals surface area contributed by atoms with E-state index in [4.69, 9.17) is 5.73 Å². The fourth-order valence-corrected chi connectivity index (χ4v) is 3.06. The highest BCUT2D eigenvalue weighted by molar-refractivity contribution is 5.96. The number of aromatic nitrogens is 4. The summed E-state index contributed by atoms with van der Waals surface area (Å²) in [5.41, 5.74) is 8.01. The van der Waals surface area contributed by atoms with Gasteiger partial charge in [0.25, 0.3) is 0 Å². The standard InChI is InChI=1S/C19H18N6/c1-2-25(16-9-5-7-14-6-3-4-8-15(14)16)19-17(20)18(22-12-23-19)24-11-10-21-13-24/h3-13H,2,20H2,1H3. The van der Waals surface area contributed by atoms with Crippen LogP contribution in [0.1, 0.15) is 6.92 Å². The third kappa shape index (κ3) is 2.57. The third-order valence-electron chi connectivity index (χ3n) is 4.22. The molecule has 2 aromatic carbocycles. The smallest absolute Gasteiger partial charge is 0.166 e. The Bertz CT molecular complexity index is 1000. The number of rotatable bonds is 4. The van der Waals surface area contributed by atoms with Crippen LogP contribution in [-0.4, -0.2) is 26.1 Å². The average molecular weight is 330 g/mol. The molecule has 0 fully saturated rings. The lowest BCUT2D eigenvalue weighted by atomic mass is 10.1. The second kappa shape index (κ2) is 6.24. The van der Waals surface area contributed by atoms with Crippen LogP contribution in [0.3, 0.4) is 0 Å². The number of benzene rings is 2. The van der Waals surface area contributed by atoms with Gasteiger partial charge in [-0.05, 0) is 18.4 Å². The molecule has 2 aromatic heterocycles. The van der Waals surface area contributed by atoms with Gasteiger partial charge in [0.15, 0.2) is 11.6 Å². The monoisotopic (exact) mass is 330 g/mol. The van der Waals surface area contributed by atoms with Crippen LogP contribution in [0.25, 0.3) is 16.6 Å². The molecule has 0 aliphatic rings. The number of anilines is 3. The van der Waals surface area contributed by atoms with E-state index in [2.05, 4.69) is 57.1 Å². The molecule has 4 rings (SSSR count). The molecule has 2 N–H and O–H groups in total. The normalized spacial score (nSPS) is 10.9. The number of imidazole rings is 1. The van der Waals surface area contributed by atoms with Gasteiger partial charge in [-0.1, -0.05) is 36.4 Å². The molecule has 0 amide bonds. The zero-order valence-electron chi connectivity index (χ0n) is 13.9. The predicted molar refractivity (Wildman–Crippen MR) is 100 cm³/mol. The van der Waals surface area contributed by atoms with Crippen LogP contribution in [0.15, 0.2) is 67.5 Å². The Morgan fingerprint density at radius 3 is 2.72 bits per heavy atom. The fraction of sp³-hybridized carbons (Fsp3) is 0.105. The first-order valence-electron chi connectivity index (χ1n) is 8.13. The van der Waals surface area contributed by atoms with Crippen LogP contribution in [0.4, 0.5) is 17.2 Å². The first-order chi connectivity index (χ1) is 12.3. The van der Waals surface area contributed by atoms with Crippen molar-refractivity contribution in [3.05, 3.63) is 67.5 Å². The first kappa shape index (κ1) is 15.1. The van der Waals surface area contributed by atoms with E-state index in [1.165, 1.54) is 11.7 Å². The highest BCUT2D eigenvalue weighted by atomic mass is 15.2. The van der Waals surface area contributed by atoms with Crippen molar-refractivity contribution in [1.29, 1.82) is 0 Å². The molecule has 0 spiro atoms. The van der Waals surface area contributed by atoms with E-state index in [0.29, 0.717) is 17.3 Å². The van der Waals surface area contributed by atoms with Crippen molar-refractivity contribution in [2.45, 2.75) is 6.92 Å². The summed E-state index contributed by atoms with van der Waals surface area (Å²) >= 11 is 0. The van der Waals surface area contributed by atoms with E-state index in [9.17, 15) is 0 Å². The van der Waals surface area contributed by atoms with Gasteiger partial charge in [-0.3, -0.25) is 4.57 Å². The van der Waals surface area contributed by atoms with Gasteiger partial charge in [0.2, 0.25) is 0 Å². The molecule has 0 aliphatic carbocycles. The number of hydrogen-bond acceptors (Lipinski definition) is 5. The summed E-state index contributed by atoms with van der Waals surface area (Å²) < 4.78 is 1.79. The SMILES string of the molecule is CCN(c1ncnc(-n2ccnc2)c1N)c1cccc2ccccc12. The van der Waals surface area contributed by atoms with Crippen molar-refractivity contribution in [2.75, 3.05) is 17.2 Å². The van der Waals surface area contributed by atoms with Gasteiger partial charge >= 0.3 is 0 Å². The molecule has 2 heterocycles. The molecule has 0 aliphatic heterocycles. The summed E-state index contributed by atoms with van der Waals surface area (Å²) in [7, 11) is 0. The first-order valence-corrected chi connectivity index (χ1v) is 8.13. The molecule has 0 bridgehead atoms.